The van der Waals surface area contributed by atoms with Crippen molar-refractivity contribution in [3.05, 3.63) is 45.9 Å². The van der Waals surface area contributed by atoms with Gasteiger partial charge in [0.15, 0.2) is 0 Å². The number of rotatable bonds is 9. The van der Waals surface area contributed by atoms with Crippen molar-refractivity contribution in [2.24, 2.45) is 0 Å². The van der Waals surface area contributed by atoms with E-state index in [4.69, 9.17) is 9.47 Å². The van der Waals surface area contributed by atoms with Gasteiger partial charge in [0, 0.05) is 25.5 Å². The Morgan fingerprint density at radius 3 is 2.78 bits per heavy atom. The number of nitrogens with one attached hydrogen (secondary N) is 1. The number of carbonyl (C=O) groups excluding carboxylic acids is 1. The van der Waals surface area contributed by atoms with Gasteiger partial charge < -0.3 is 14.8 Å². The van der Waals surface area contributed by atoms with Gasteiger partial charge in [-0.05, 0) is 24.6 Å². The lowest BCUT2D eigenvalue weighted by molar-refractivity contribution is -0.120. The molecule has 0 fully saturated rings. The summed E-state index contributed by atoms with van der Waals surface area (Å²) in [4.78, 5) is 16.4. The smallest absolute Gasteiger partial charge is 0.224 e. The van der Waals surface area contributed by atoms with Crippen LogP contribution in [-0.2, 0) is 29.0 Å². The van der Waals surface area contributed by atoms with Crippen molar-refractivity contribution in [2.45, 2.75) is 26.4 Å². The number of amides is 1. The van der Waals surface area contributed by atoms with Crippen LogP contribution in [0, 0.1) is 0 Å². The Balaban J connectivity index is 1.71. The van der Waals surface area contributed by atoms with Crippen LogP contribution < -0.4 is 10.1 Å². The van der Waals surface area contributed by atoms with Crippen molar-refractivity contribution in [1.82, 2.24) is 10.3 Å². The Bertz CT molecular complexity index is 611. The van der Waals surface area contributed by atoms with E-state index < -0.39 is 0 Å². The van der Waals surface area contributed by atoms with Crippen LogP contribution in [0.4, 0.5) is 0 Å². The Labute approximate surface area is 140 Å². The maximum atomic E-state index is 11.9. The number of hydrogen-bond donors (Lipinski definition) is 1. The molecule has 6 heteroatoms. The molecule has 0 aliphatic carbocycles. The molecule has 2 rings (SSSR count). The molecular formula is C17H22N2O3S. The van der Waals surface area contributed by atoms with Gasteiger partial charge in [0.2, 0.25) is 5.91 Å². The number of methoxy groups -OCH3 is 1. The number of thiazole rings is 1. The van der Waals surface area contributed by atoms with Crippen LogP contribution in [0.2, 0.25) is 0 Å². The third kappa shape index (κ3) is 6.00. The second-order valence-corrected chi connectivity index (χ2v) is 5.96. The van der Waals surface area contributed by atoms with Crippen LogP contribution in [0.5, 0.6) is 5.75 Å². The van der Waals surface area contributed by atoms with E-state index in [-0.39, 0.29) is 5.91 Å². The third-order valence-electron chi connectivity index (χ3n) is 3.17. The van der Waals surface area contributed by atoms with Gasteiger partial charge in [-0.1, -0.05) is 12.1 Å². The highest BCUT2D eigenvalue weighted by Crippen LogP contribution is 2.13. The van der Waals surface area contributed by atoms with Gasteiger partial charge >= 0.3 is 0 Å². The molecule has 23 heavy (non-hydrogen) atoms. The van der Waals surface area contributed by atoms with E-state index in [1.807, 2.05) is 36.6 Å². The van der Waals surface area contributed by atoms with E-state index in [2.05, 4.69) is 10.3 Å². The van der Waals surface area contributed by atoms with Crippen LogP contribution in [0.1, 0.15) is 23.2 Å². The first-order chi connectivity index (χ1) is 11.2. The highest BCUT2D eigenvalue weighted by Gasteiger charge is 2.05. The van der Waals surface area contributed by atoms with E-state index in [0.717, 1.165) is 28.4 Å². The van der Waals surface area contributed by atoms with Crippen molar-refractivity contribution >= 4 is 17.2 Å². The van der Waals surface area contributed by atoms with Crippen LogP contribution in [-0.4, -0.2) is 31.2 Å². The van der Waals surface area contributed by atoms with Crippen LogP contribution >= 0.6 is 11.3 Å². The maximum absolute atomic E-state index is 11.9. The summed E-state index contributed by atoms with van der Waals surface area (Å²) in [5.41, 5.74) is 1.96. The van der Waals surface area contributed by atoms with E-state index in [1.165, 1.54) is 0 Å². The van der Waals surface area contributed by atoms with Crippen molar-refractivity contribution < 1.29 is 14.3 Å². The number of ether oxygens (including phenoxy) is 2. The lowest BCUT2D eigenvalue weighted by Crippen LogP contribution is -2.27. The van der Waals surface area contributed by atoms with Crippen molar-refractivity contribution in [1.29, 1.82) is 0 Å². The second-order valence-electron chi connectivity index (χ2n) is 5.02. The van der Waals surface area contributed by atoms with Gasteiger partial charge in [-0.3, -0.25) is 4.79 Å². The summed E-state index contributed by atoms with van der Waals surface area (Å²) in [6.07, 6.45) is 1.10. The molecule has 0 radical (unpaired) electrons. The minimum Gasteiger partial charge on any atom is -0.494 e. The van der Waals surface area contributed by atoms with Gasteiger partial charge in [-0.15, -0.1) is 11.3 Å². The maximum Gasteiger partial charge on any atom is 0.224 e. The molecule has 0 bridgehead atoms. The predicted octanol–water partition coefficient (Wildman–Crippen LogP) is 2.59. The van der Waals surface area contributed by atoms with Gasteiger partial charge in [0.25, 0.3) is 0 Å². The van der Waals surface area contributed by atoms with Crippen LogP contribution in [0.3, 0.4) is 0 Å². The first kappa shape index (κ1) is 17.4. The zero-order valence-electron chi connectivity index (χ0n) is 13.5. The molecule has 5 nitrogen and oxygen atoms in total. The second kappa shape index (κ2) is 9.27. The molecule has 1 amide bonds. The van der Waals surface area contributed by atoms with E-state index in [1.54, 1.807) is 18.4 Å². The predicted molar refractivity (Wildman–Crippen MR) is 90.9 cm³/mol. The highest BCUT2D eigenvalue weighted by molar-refractivity contribution is 7.09. The summed E-state index contributed by atoms with van der Waals surface area (Å²) in [6, 6.07) is 7.61. The van der Waals surface area contributed by atoms with E-state index in [9.17, 15) is 4.79 Å². The molecule has 2 aromatic rings. The summed E-state index contributed by atoms with van der Waals surface area (Å²) >= 11 is 1.58. The van der Waals surface area contributed by atoms with Gasteiger partial charge in [-0.25, -0.2) is 4.98 Å². The van der Waals surface area contributed by atoms with E-state index >= 15 is 0 Å². The molecule has 0 spiro atoms. The topological polar surface area (TPSA) is 60.5 Å². The molecule has 0 aliphatic heterocycles. The molecule has 0 saturated carbocycles. The first-order valence-corrected chi connectivity index (χ1v) is 8.50. The van der Waals surface area contributed by atoms with Gasteiger partial charge in [-0.2, -0.15) is 0 Å². The Kier molecular flexibility index (Phi) is 7.03. The number of hydrogen-bond acceptors (Lipinski definition) is 5. The number of carbonyl (C=O) groups is 1. The third-order valence-corrected chi connectivity index (χ3v) is 4.04. The summed E-state index contributed by atoms with van der Waals surface area (Å²) in [5, 5.41) is 5.89. The Morgan fingerprint density at radius 1 is 1.30 bits per heavy atom. The summed E-state index contributed by atoms with van der Waals surface area (Å²) < 4.78 is 10.4. The number of nitrogens with zero attached hydrogens (tertiary/aromatic N) is 1. The minimum atomic E-state index is 0.0153. The van der Waals surface area contributed by atoms with Crippen LogP contribution in [0.15, 0.2) is 29.6 Å². The Hall–Kier alpha value is -1.92. The number of benzene rings is 1. The zero-order valence-corrected chi connectivity index (χ0v) is 14.3. The average molecular weight is 334 g/mol. The van der Waals surface area contributed by atoms with Gasteiger partial charge in [0.05, 0.1) is 25.3 Å². The molecule has 1 N–H and O–H groups in total. The monoisotopic (exact) mass is 334 g/mol. The lowest BCUT2D eigenvalue weighted by atomic mass is 10.1. The number of aromatic nitrogens is 1. The molecule has 0 unspecified atom stereocenters. The minimum absolute atomic E-state index is 0.0153. The lowest BCUT2D eigenvalue weighted by Gasteiger charge is -2.06. The largest absolute Gasteiger partial charge is 0.494 e. The fraction of sp³-hybridized carbons (Fsp3) is 0.412. The first-order valence-electron chi connectivity index (χ1n) is 7.62. The van der Waals surface area contributed by atoms with Gasteiger partial charge in [0.1, 0.15) is 10.8 Å². The zero-order chi connectivity index (χ0) is 16.5. The molecule has 1 heterocycles. The molecule has 1 aromatic carbocycles. The summed E-state index contributed by atoms with van der Waals surface area (Å²) in [5.74, 6) is 0.841. The summed E-state index contributed by atoms with van der Waals surface area (Å²) in [6.45, 7) is 3.71. The molecule has 0 aliphatic rings. The summed E-state index contributed by atoms with van der Waals surface area (Å²) in [7, 11) is 1.65. The molecular weight excluding hydrogens is 312 g/mol. The quantitative estimate of drug-likeness (QED) is 0.766. The van der Waals surface area contributed by atoms with Crippen molar-refractivity contribution in [2.75, 3.05) is 20.3 Å². The average Bonchev–Trinajstić information content (AvgIpc) is 2.97. The molecule has 0 saturated heterocycles. The van der Waals surface area contributed by atoms with Crippen molar-refractivity contribution in [3.63, 3.8) is 0 Å². The fourth-order valence-electron chi connectivity index (χ4n) is 2.10. The fourth-order valence-corrected chi connectivity index (χ4v) is 2.90. The van der Waals surface area contributed by atoms with Crippen LogP contribution in [0.25, 0.3) is 0 Å². The standard InChI is InChI=1S/C17H22N2O3S/c1-3-22-15-6-4-13(5-7-15)10-16(20)18-9-8-14-12-23-17(19-14)11-21-2/h4-7,12H,3,8-11H2,1-2H3,(H,18,20). The van der Waals surface area contributed by atoms with E-state index in [0.29, 0.717) is 26.2 Å². The molecule has 0 atom stereocenters. The Morgan fingerprint density at radius 2 is 2.09 bits per heavy atom. The van der Waals surface area contributed by atoms with Crippen molar-refractivity contribution in [3.8, 4) is 5.75 Å². The normalized spacial score (nSPS) is 10.5. The molecule has 124 valence electrons. The molecule has 1 aromatic heterocycles. The SMILES string of the molecule is CCOc1ccc(CC(=O)NCCc2csc(COC)n2)cc1. The highest BCUT2D eigenvalue weighted by atomic mass is 32.1.